The monoisotopic (exact) mass is 389 g/mol. The Balaban J connectivity index is 1.33. The first-order valence-electron chi connectivity index (χ1n) is 9.50. The number of piperazine rings is 1. The van der Waals surface area contributed by atoms with Crippen LogP contribution in [0.2, 0.25) is 0 Å². The molecule has 2 aromatic rings. The largest absolute Gasteiger partial charge is 0.325 e. The molecule has 6 heteroatoms. The van der Waals surface area contributed by atoms with Crippen LogP contribution < -0.4 is 15.1 Å². The van der Waals surface area contributed by atoms with Crippen LogP contribution in [0.15, 0.2) is 53.4 Å². The number of thioether (sulfide) groups is 1. The van der Waals surface area contributed by atoms with Crippen molar-refractivity contribution in [1.29, 1.82) is 0 Å². The lowest BCUT2D eigenvalue weighted by atomic mass is 10.2. The molecule has 144 valence electrons. The quantitative estimate of drug-likeness (QED) is 0.609. The lowest BCUT2D eigenvalue weighted by Gasteiger charge is -2.29. The minimum absolute atomic E-state index is 0.00464. The maximum absolute atomic E-state index is 12.9. The molecule has 0 bridgehead atoms. The minimum Gasteiger partial charge on any atom is -0.325 e. The van der Waals surface area contributed by atoms with Gasteiger partial charge in [0.05, 0.1) is 6.54 Å². The summed E-state index contributed by atoms with van der Waals surface area (Å²) in [5, 5.41) is 2.85. The summed E-state index contributed by atoms with van der Waals surface area (Å²) in [6.07, 6.45) is 0. The predicted octanol–water partition coefficient (Wildman–Crippen LogP) is 0.648. The SMILES string of the molecule is Cc1ccc(SCC[NH+]2CC[NH+](CC(=O)Nc3ccc(F)cc3)CC2)cc1. The van der Waals surface area contributed by atoms with Crippen LogP contribution in [-0.4, -0.2) is 50.9 Å². The standard InChI is InChI=1S/C21H26FN3OS/c1-17-2-8-20(9-3-17)27-15-14-24-10-12-25(13-11-24)16-21(26)23-19-6-4-18(22)5-7-19/h2-9H,10-16H2,1H3,(H,23,26)/p+2. The number of benzene rings is 2. The van der Waals surface area contributed by atoms with Gasteiger partial charge in [-0.1, -0.05) is 17.7 Å². The number of nitrogens with one attached hydrogen (secondary N) is 3. The zero-order valence-electron chi connectivity index (χ0n) is 15.8. The smallest absolute Gasteiger partial charge is 0.279 e. The molecule has 1 aliphatic rings. The molecule has 1 aliphatic heterocycles. The predicted molar refractivity (Wildman–Crippen MR) is 108 cm³/mol. The molecule has 1 fully saturated rings. The Kier molecular flexibility index (Phi) is 7.26. The first-order valence-corrected chi connectivity index (χ1v) is 10.5. The van der Waals surface area contributed by atoms with E-state index in [1.807, 2.05) is 11.8 Å². The highest BCUT2D eigenvalue weighted by Gasteiger charge is 2.24. The fourth-order valence-corrected chi connectivity index (χ4v) is 4.25. The van der Waals surface area contributed by atoms with E-state index in [0.717, 1.165) is 38.5 Å². The zero-order valence-corrected chi connectivity index (χ0v) is 16.6. The highest BCUT2D eigenvalue weighted by molar-refractivity contribution is 7.99. The molecule has 27 heavy (non-hydrogen) atoms. The number of hydrogen-bond donors (Lipinski definition) is 3. The maximum atomic E-state index is 12.9. The van der Waals surface area contributed by atoms with E-state index in [1.54, 1.807) is 17.0 Å². The third kappa shape index (κ3) is 6.65. The number of carbonyl (C=O) groups excluding carboxylic acids is 1. The van der Waals surface area contributed by atoms with Crippen molar-refractivity contribution in [3.63, 3.8) is 0 Å². The van der Waals surface area contributed by atoms with Gasteiger partial charge in [0.25, 0.3) is 5.91 Å². The molecule has 2 aromatic carbocycles. The summed E-state index contributed by atoms with van der Waals surface area (Å²) in [4.78, 5) is 16.4. The Morgan fingerprint density at radius 1 is 1.00 bits per heavy atom. The number of halogens is 1. The van der Waals surface area contributed by atoms with E-state index in [0.29, 0.717) is 12.2 Å². The second-order valence-corrected chi connectivity index (χ2v) is 8.31. The number of aryl methyl sites for hydroxylation is 1. The van der Waals surface area contributed by atoms with Crippen molar-refractivity contribution in [2.45, 2.75) is 11.8 Å². The van der Waals surface area contributed by atoms with Gasteiger partial charge >= 0.3 is 0 Å². The van der Waals surface area contributed by atoms with Crippen LogP contribution in [0.4, 0.5) is 10.1 Å². The average molecular weight is 390 g/mol. The number of anilines is 1. The van der Waals surface area contributed by atoms with Gasteiger partial charge < -0.3 is 15.1 Å². The van der Waals surface area contributed by atoms with Gasteiger partial charge in [0, 0.05) is 16.3 Å². The van der Waals surface area contributed by atoms with Crippen molar-refractivity contribution in [3.8, 4) is 0 Å². The summed E-state index contributed by atoms with van der Waals surface area (Å²) < 4.78 is 12.9. The van der Waals surface area contributed by atoms with E-state index < -0.39 is 0 Å². The van der Waals surface area contributed by atoms with Gasteiger partial charge in [-0.25, -0.2) is 4.39 Å². The molecule has 0 aliphatic carbocycles. The molecule has 1 saturated heterocycles. The molecule has 1 amide bonds. The van der Waals surface area contributed by atoms with Crippen LogP contribution in [0.1, 0.15) is 5.56 Å². The molecule has 0 radical (unpaired) electrons. The normalized spacial score (nSPS) is 19.6. The first kappa shape index (κ1) is 19.9. The van der Waals surface area contributed by atoms with E-state index >= 15 is 0 Å². The molecular weight excluding hydrogens is 361 g/mol. The van der Waals surface area contributed by atoms with E-state index in [9.17, 15) is 9.18 Å². The van der Waals surface area contributed by atoms with Crippen LogP contribution in [-0.2, 0) is 4.79 Å². The highest BCUT2D eigenvalue weighted by Crippen LogP contribution is 2.17. The summed E-state index contributed by atoms with van der Waals surface area (Å²) >= 11 is 1.92. The molecule has 0 atom stereocenters. The molecule has 3 N–H and O–H groups in total. The second kappa shape index (κ2) is 9.88. The van der Waals surface area contributed by atoms with E-state index in [1.165, 1.54) is 27.5 Å². The molecular formula is C21H28FN3OS+2. The molecule has 0 spiro atoms. The van der Waals surface area contributed by atoms with Crippen molar-refractivity contribution in [2.75, 3.05) is 50.3 Å². The van der Waals surface area contributed by atoms with Crippen LogP contribution in [0, 0.1) is 12.7 Å². The van der Waals surface area contributed by atoms with Crippen molar-refractivity contribution in [1.82, 2.24) is 0 Å². The van der Waals surface area contributed by atoms with Crippen molar-refractivity contribution in [2.24, 2.45) is 0 Å². The van der Waals surface area contributed by atoms with Gasteiger partial charge in [-0.15, -0.1) is 11.8 Å². The van der Waals surface area contributed by atoms with E-state index in [-0.39, 0.29) is 11.7 Å². The van der Waals surface area contributed by atoms with Crippen molar-refractivity contribution < 1.29 is 19.0 Å². The van der Waals surface area contributed by atoms with Gasteiger partial charge in [-0.05, 0) is 43.3 Å². The van der Waals surface area contributed by atoms with Crippen LogP contribution in [0.25, 0.3) is 0 Å². The van der Waals surface area contributed by atoms with Crippen LogP contribution in [0.3, 0.4) is 0 Å². The maximum Gasteiger partial charge on any atom is 0.279 e. The summed E-state index contributed by atoms with van der Waals surface area (Å²) in [7, 11) is 0. The summed E-state index contributed by atoms with van der Waals surface area (Å²) in [6.45, 7) is 7.99. The number of amides is 1. The lowest BCUT2D eigenvalue weighted by Crippen LogP contribution is -3.28. The number of hydrogen-bond acceptors (Lipinski definition) is 2. The lowest BCUT2D eigenvalue weighted by molar-refractivity contribution is -1.01. The van der Waals surface area contributed by atoms with Crippen molar-refractivity contribution in [3.05, 3.63) is 59.9 Å². The molecule has 4 nitrogen and oxygen atoms in total. The number of carbonyl (C=O) groups is 1. The van der Waals surface area contributed by atoms with Gasteiger partial charge in [0.1, 0.15) is 32.0 Å². The average Bonchev–Trinajstić information content (AvgIpc) is 2.67. The number of quaternary nitrogens is 2. The topological polar surface area (TPSA) is 38.0 Å². The fraction of sp³-hybridized carbons (Fsp3) is 0.381. The van der Waals surface area contributed by atoms with Gasteiger partial charge in [-0.3, -0.25) is 4.79 Å². The van der Waals surface area contributed by atoms with E-state index in [2.05, 4.69) is 36.5 Å². The summed E-state index contributed by atoms with van der Waals surface area (Å²) in [5.41, 5.74) is 1.95. The molecule has 3 rings (SSSR count). The number of rotatable bonds is 7. The summed E-state index contributed by atoms with van der Waals surface area (Å²) in [6, 6.07) is 14.6. The molecule has 0 saturated carbocycles. The van der Waals surface area contributed by atoms with E-state index in [4.69, 9.17) is 0 Å². The van der Waals surface area contributed by atoms with Crippen LogP contribution in [0.5, 0.6) is 0 Å². The molecule has 0 unspecified atom stereocenters. The Hall–Kier alpha value is -1.89. The third-order valence-corrected chi connectivity index (χ3v) is 5.96. The fourth-order valence-electron chi connectivity index (χ4n) is 3.30. The first-order chi connectivity index (χ1) is 13.1. The van der Waals surface area contributed by atoms with Gasteiger partial charge in [0.15, 0.2) is 6.54 Å². The Morgan fingerprint density at radius 3 is 2.30 bits per heavy atom. The molecule has 0 aromatic heterocycles. The van der Waals surface area contributed by atoms with Gasteiger partial charge in [0.2, 0.25) is 0 Å². The minimum atomic E-state index is -0.293. The third-order valence-electron chi connectivity index (χ3n) is 4.95. The van der Waals surface area contributed by atoms with Crippen molar-refractivity contribution >= 4 is 23.4 Å². The second-order valence-electron chi connectivity index (χ2n) is 7.14. The Morgan fingerprint density at radius 2 is 1.63 bits per heavy atom. The van der Waals surface area contributed by atoms with Gasteiger partial charge in [-0.2, -0.15) is 0 Å². The Labute approximate surface area is 164 Å². The Bertz CT molecular complexity index is 728. The van der Waals surface area contributed by atoms with Crippen LogP contribution >= 0.6 is 11.8 Å². The zero-order chi connectivity index (χ0) is 19.1. The molecule has 1 heterocycles. The highest BCUT2D eigenvalue weighted by atomic mass is 32.2. The summed E-state index contributed by atoms with van der Waals surface area (Å²) in [5.74, 6) is 0.826.